The van der Waals surface area contributed by atoms with Gasteiger partial charge in [-0.05, 0) is 6.08 Å². The number of hydrazine groups is 1. The molecular weight excluding hydrogens is 158 g/mol. The lowest BCUT2D eigenvalue weighted by molar-refractivity contribution is -0.135. The van der Waals surface area contributed by atoms with Crippen LogP contribution in [0.15, 0.2) is 16.8 Å². The van der Waals surface area contributed by atoms with Crippen LogP contribution in [-0.4, -0.2) is 35.0 Å². The van der Waals surface area contributed by atoms with Crippen LogP contribution in [0.1, 0.15) is 6.42 Å². The molecule has 0 amide bonds. The third kappa shape index (κ3) is 0.984. The zero-order valence-electron chi connectivity index (χ0n) is 6.40. The van der Waals surface area contributed by atoms with Gasteiger partial charge in [0.1, 0.15) is 11.9 Å². The fraction of sp³-hybridized carbons (Fsp3) is 0.429. The van der Waals surface area contributed by atoms with Crippen molar-refractivity contribution >= 4 is 12.2 Å². The highest BCUT2D eigenvalue weighted by Crippen LogP contribution is 2.18. The lowest BCUT2D eigenvalue weighted by Gasteiger charge is -2.25. The Balaban J connectivity index is 2.27. The summed E-state index contributed by atoms with van der Waals surface area (Å²) >= 11 is 0. The number of fused-ring (bicyclic) bond motifs is 1. The van der Waals surface area contributed by atoms with Crippen LogP contribution in [0.2, 0.25) is 0 Å². The Bertz CT molecular complexity index is 272. The molecule has 1 atom stereocenters. The Hall–Kier alpha value is -1.36. The molecule has 2 heterocycles. The maximum atomic E-state index is 10.7. The Morgan fingerprint density at radius 2 is 2.67 bits per heavy atom. The number of carboxylic acid groups (broad SMARTS) is 1. The van der Waals surface area contributed by atoms with Crippen LogP contribution in [-0.2, 0) is 4.79 Å². The second-order valence-electron chi connectivity index (χ2n) is 2.70. The Labute approximate surface area is 69.4 Å². The van der Waals surface area contributed by atoms with Gasteiger partial charge in [0, 0.05) is 19.2 Å². The Morgan fingerprint density at radius 1 is 1.83 bits per heavy atom. The van der Waals surface area contributed by atoms with Gasteiger partial charge in [-0.1, -0.05) is 0 Å². The largest absolute Gasteiger partial charge is 0.477 e. The molecule has 0 aromatic rings. The first-order valence-corrected chi connectivity index (χ1v) is 3.78. The van der Waals surface area contributed by atoms with E-state index in [1.165, 1.54) is 6.08 Å². The molecule has 0 spiro atoms. The summed E-state index contributed by atoms with van der Waals surface area (Å²) in [5, 5.41) is 10.4. The molecule has 5 nitrogen and oxygen atoms in total. The molecule has 0 aromatic carbocycles. The lowest BCUT2D eigenvalue weighted by atomic mass is 10.3. The zero-order valence-corrected chi connectivity index (χ0v) is 6.40. The average molecular weight is 167 g/mol. The summed E-state index contributed by atoms with van der Waals surface area (Å²) in [5.41, 5.74) is 3.23. The van der Waals surface area contributed by atoms with E-state index >= 15 is 0 Å². The second-order valence-corrected chi connectivity index (χ2v) is 2.70. The molecule has 2 rings (SSSR count). The first-order chi connectivity index (χ1) is 5.79. The van der Waals surface area contributed by atoms with E-state index in [1.807, 2.05) is 0 Å². The summed E-state index contributed by atoms with van der Waals surface area (Å²) < 4.78 is 0. The van der Waals surface area contributed by atoms with Crippen LogP contribution < -0.4 is 5.43 Å². The van der Waals surface area contributed by atoms with E-state index in [1.54, 1.807) is 11.2 Å². The number of nitrogens with one attached hydrogen (secondary N) is 1. The molecular formula is C7H9N3O2. The van der Waals surface area contributed by atoms with Crippen molar-refractivity contribution in [2.75, 3.05) is 6.54 Å². The fourth-order valence-electron chi connectivity index (χ4n) is 1.40. The van der Waals surface area contributed by atoms with E-state index in [-0.39, 0.29) is 11.9 Å². The van der Waals surface area contributed by atoms with Crippen molar-refractivity contribution < 1.29 is 9.90 Å². The van der Waals surface area contributed by atoms with E-state index in [0.717, 1.165) is 13.0 Å². The van der Waals surface area contributed by atoms with E-state index in [9.17, 15) is 4.79 Å². The number of rotatable bonds is 1. The summed E-state index contributed by atoms with van der Waals surface area (Å²) in [6, 6.07) is 0. The minimum absolute atomic E-state index is 0.0268. The van der Waals surface area contributed by atoms with E-state index in [0.29, 0.717) is 0 Å². The Morgan fingerprint density at radius 3 is 3.42 bits per heavy atom. The average Bonchev–Trinajstić information content (AvgIpc) is 2.49. The molecule has 5 heteroatoms. The van der Waals surface area contributed by atoms with Gasteiger partial charge in [0.15, 0.2) is 0 Å². The molecule has 1 fully saturated rings. The van der Waals surface area contributed by atoms with Gasteiger partial charge < -0.3 is 5.11 Å². The molecule has 1 unspecified atom stereocenters. The quantitative estimate of drug-likeness (QED) is 0.556. The van der Waals surface area contributed by atoms with Gasteiger partial charge >= 0.3 is 5.97 Å². The molecule has 12 heavy (non-hydrogen) atoms. The first kappa shape index (κ1) is 7.30. The minimum atomic E-state index is -0.916. The van der Waals surface area contributed by atoms with Crippen molar-refractivity contribution in [1.29, 1.82) is 0 Å². The first-order valence-electron chi connectivity index (χ1n) is 3.78. The Kier molecular flexibility index (Phi) is 1.58. The monoisotopic (exact) mass is 167 g/mol. The van der Waals surface area contributed by atoms with Gasteiger partial charge in [-0.25, -0.2) is 10.2 Å². The van der Waals surface area contributed by atoms with Crippen molar-refractivity contribution in [1.82, 2.24) is 10.4 Å². The summed E-state index contributed by atoms with van der Waals surface area (Å²) in [5.74, 6) is -0.916. The number of hydrogen-bond acceptors (Lipinski definition) is 4. The highest BCUT2D eigenvalue weighted by Gasteiger charge is 2.30. The molecule has 0 saturated carbocycles. The number of carboxylic acids is 1. The van der Waals surface area contributed by atoms with Gasteiger partial charge in [0.05, 0.1) is 0 Å². The number of aliphatic imine (C=N–C) groups is 1. The summed E-state index contributed by atoms with van der Waals surface area (Å²) in [7, 11) is 0. The van der Waals surface area contributed by atoms with Crippen molar-refractivity contribution in [2.45, 2.75) is 12.6 Å². The smallest absolute Gasteiger partial charge is 0.353 e. The van der Waals surface area contributed by atoms with Crippen LogP contribution in [0.5, 0.6) is 0 Å². The molecule has 64 valence electrons. The van der Waals surface area contributed by atoms with Gasteiger partial charge in [-0.15, -0.1) is 0 Å². The maximum Gasteiger partial charge on any atom is 0.353 e. The summed E-state index contributed by atoms with van der Waals surface area (Å²) in [4.78, 5) is 14.8. The van der Waals surface area contributed by atoms with E-state index in [2.05, 4.69) is 10.4 Å². The number of aliphatic carboxylic acids is 1. The van der Waals surface area contributed by atoms with Crippen LogP contribution in [0.25, 0.3) is 0 Å². The SMILES string of the molecule is O=C(O)C1=CC=NC2CCNN12. The molecule has 2 N–H and O–H groups in total. The predicted octanol–water partition coefficient (Wildman–Crippen LogP) is -0.424. The number of allylic oxidation sites excluding steroid dienone is 1. The number of nitrogens with zero attached hydrogens (tertiary/aromatic N) is 2. The third-order valence-electron chi connectivity index (χ3n) is 1.95. The van der Waals surface area contributed by atoms with E-state index < -0.39 is 5.97 Å². The molecule has 2 aliphatic heterocycles. The van der Waals surface area contributed by atoms with Gasteiger partial charge in [0.2, 0.25) is 0 Å². The van der Waals surface area contributed by atoms with Crippen LogP contribution >= 0.6 is 0 Å². The highest BCUT2D eigenvalue weighted by molar-refractivity contribution is 5.92. The normalized spacial score (nSPS) is 26.8. The van der Waals surface area contributed by atoms with Crippen molar-refractivity contribution in [3.63, 3.8) is 0 Å². The maximum absolute atomic E-state index is 10.7. The standard InChI is InChI=1S/C7H9N3O2/c11-7(12)5-1-3-8-6-2-4-9-10(5)6/h1,3,6,9H,2,4H2,(H,11,12). The molecule has 0 radical (unpaired) electrons. The highest BCUT2D eigenvalue weighted by atomic mass is 16.4. The lowest BCUT2D eigenvalue weighted by Crippen LogP contribution is -2.40. The molecule has 1 saturated heterocycles. The summed E-state index contributed by atoms with van der Waals surface area (Å²) in [6.07, 6.45) is 3.89. The summed E-state index contributed by atoms with van der Waals surface area (Å²) in [6.45, 7) is 0.784. The second kappa shape index (κ2) is 2.60. The molecule has 0 aliphatic carbocycles. The topological polar surface area (TPSA) is 64.9 Å². The predicted molar refractivity (Wildman–Crippen MR) is 42.5 cm³/mol. The van der Waals surface area contributed by atoms with Crippen LogP contribution in [0, 0.1) is 0 Å². The van der Waals surface area contributed by atoms with Crippen molar-refractivity contribution in [3.8, 4) is 0 Å². The fourth-order valence-corrected chi connectivity index (χ4v) is 1.40. The van der Waals surface area contributed by atoms with Crippen LogP contribution in [0.3, 0.4) is 0 Å². The van der Waals surface area contributed by atoms with Crippen molar-refractivity contribution in [3.05, 3.63) is 11.8 Å². The molecule has 2 aliphatic rings. The van der Waals surface area contributed by atoms with Gasteiger partial charge in [-0.3, -0.25) is 10.0 Å². The van der Waals surface area contributed by atoms with Gasteiger partial charge in [0.25, 0.3) is 0 Å². The molecule has 0 bridgehead atoms. The van der Waals surface area contributed by atoms with Crippen LogP contribution in [0.4, 0.5) is 0 Å². The minimum Gasteiger partial charge on any atom is -0.477 e. The van der Waals surface area contributed by atoms with E-state index in [4.69, 9.17) is 5.11 Å². The van der Waals surface area contributed by atoms with Gasteiger partial charge in [-0.2, -0.15) is 0 Å². The number of carbonyl (C=O) groups is 1. The zero-order chi connectivity index (χ0) is 8.55. The third-order valence-corrected chi connectivity index (χ3v) is 1.95. The molecule has 0 aromatic heterocycles. The number of hydrogen-bond donors (Lipinski definition) is 2. The van der Waals surface area contributed by atoms with Crippen molar-refractivity contribution in [2.24, 2.45) is 4.99 Å².